The first-order chi connectivity index (χ1) is 5.43. The third-order valence-corrected chi connectivity index (χ3v) is 2.42. The Hall–Kier alpha value is -0.300. The molecule has 0 saturated heterocycles. The molecule has 0 aliphatic heterocycles. The highest BCUT2D eigenvalue weighted by Crippen LogP contribution is 2.11. The van der Waals surface area contributed by atoms with Crippen molar-refractivity contribution < 1.29 is 0 Å². The number of hydrogen-bond acceptors (Lipinski definition) is 1. The van der Waals surface area contributed by atoms with Gasteiger partial charge in [0.25, 0.3) is 0 Å². The van der Waals surface area contributed by atoms with Gasteiger partial charge in [0.15, 0.2) is 0 Å². The summed E-state index contributed by atoms with van der Waals surface area (Å²) in [4.78, 5) is 0. The molecule has 0 unspecified atom stereocenters. The van der Waals surface area contributed by atoms with Gasteiger partial charge in [-0.1, -0.05) is 12.2 Å². The minimum atomic E-state index is 0.773. The summed E-state index contributed by atoms with van der Waals surface area (Å²) in [6.07, 6.45) is 12.6. The molecule has 64 valence electrons. The largest absolute Gasteiger partial charge is 0.317 e. The summed E-state index contributed by atoms with van der Waals surface area (Å²) >= 11 is 0. The Morgan fingerprint density at radius 1 is 1.09 bits per heavy atom. The van der Waals surface area contributed by atoms with Crippen LogP contribution in [0.25, 0.3) is 0 Å². The van der Waals surface area contributed by atoms with E-state index in [1.54, 1.807) is 0 Å². The van der Waals surface area contributed by atoms with Crippen LogP contribution in [0.3, 0.4) is 0 Å². The molecule has 1 aliphatic carbocycles. The van der Waals surface area contributed by atoms with Crippen molar-refractivity contribution in [2.24, 2.45) is 0 Å². The molecule has 1 nitrogen and oxygen atoms in total. The molecule has 0 atom stereocenters. The van der Waals surface area contributed by atoms with Crippen molar-refractivity contribution in [3.8, 4) is 0 Å². The Labute approximate surface area is 69.9 Å². The second-order valence-corrected chi connectivity index (χ2v) is 3.32. The van der Waals surface area contributed by atoms with Crippen molar-refractivity contribution in [2.75, 3.05) is 7.05 Å². The molecule has 1 heteroatoms. The lowest BCUT2D eigenvalue weighted by Gasteiger charge is -2.13. The van der Waals surface area contributed by atoms with Crippen LogP contribution < -0.4 is 5.32 Å². The molecule has 0 aromatic heterocycles. The molecule has 1 rings (SSSR count). The molecular formula is C10H19N. The second kappa shape index (κ2) is 5.36. The van der Waals surface area contributed by atoms with Crippen LogP contribution in [0.4, 0.5) is 0 Å². The van der Waals surface area contributed by atoms with Crippen LogP contribution in [0.1, 0.15) is 38.5 Å². The molecular weight excluding hydrogens is 134 g/mol. The van der Waals surface area contributed by atoms with Gasteiger partial charge in [-0.05, 0) is 45.6 Å². The molecule has 0 heterocycles. The number of rotatable bonds is 1. The summed E-state index contributed by atoms with van der Waals surface area (Å²) in [5, 5.41) is 3.37. The maximum atomic E-state index is 3.37. The van der Waals surface area contributed by atoms with E-state index in [0.717, 1.165) is 6.04 Å². The predicted octanol–water partition coefficient (Wildman–Crippen LogP) is 2.48. The van der Waals surface area contributed by atoms with Crippen molar-refractivity contribution in [3.63, 3.8) is 0 Å². The average Bonchev–Trinajstić information content (AvgIpc) is 2.16. The summed E-state index contributed by atoms with van der Waals surface area (Å²) in [6.45, 7) is 0. The van der Waals surface area contributed by atoms with Gasteiger partial charge < -0.3 is 5.32 Å². The number of allylic oxidation sites excluding steroid dienone is 2. The van der Waals surface area contributed by atoms with Gasteiger partial charge in [-0.2, -0.15) is 0 Å². The number of hydrogen-bond donors (Lipinski definition) is 1. The van der Waals surface area contributed by atoms with Crippen molar-refractivity contribution in [3.05, 3.63) is 12.2 Å². The normalized spacial score (nSPS) is 25.2. The van der Waals surface area contributed by atoms with Gasteiger partial charge in [-0.15, -0.1) is 0 Å². The quantitative estimate of drug-likeness (QED) is 0.571. The first-order valence-electron chi connectivity index (χ1n) is 4.76. The third-order valence-electron chi connectivity index (χ3n) is 2.42. The molecule has 0 radical (unpaired) electrons. The van der Waals surface area contributed by atoms with Gasteiger partial charge in [0.05, 0.1) is 0 Å². The zero-order valence-electron chi connectivity index (χ0n) is 7.47. The van der Waals surface area contributed by atoms with Crippen LogP contribution in [0.15, 0.2) is 12.2 Å². The lowest BCUT2D eigenvalue weighted by atomic mass is 10.1. The van der Waals surface area contributed by atoms with Crippen LogP contribution >= 0.6 is 0 Å². The molecule has 0 spiro atoms. The van der Waals surface area contributed by atoms with Crippen LogP contribution in [0.5, 0.6) is 0 Å². The molecule has 0 bridgehead atoms. The molecule has 0 amide bonds. The van der Waals surface area contributed by atoms with E-state index in [9.17, 15) is 0 Å². The van der Waals surface area contributed by atoms with Crippen LogP contribution in [0, 0.1) is 0 Å². The molecule has 1 N–H and O–H groups in total. The van der Waals surface area contributed by atoms with Crippen LogP contribution in [-0.2, 0) is 0 Å². The molecule has 0 aromatic rings. The Bertz CT molecular complexity index is 106. The highest BCUT2D eigenvalue weighted by Gasteiger charge is 2.04. The minimum absolute atomic E-state index is 0.773. The Kier molecular flexibility index (Phi) is 4.29. The van der Waals surface area contributed by atoms with E-state index in [4.69, 9.17) is 0 Å². The Balaban J connectivity index is 2.26. The first-order valence-corrected chi connectivity index (χ1v) is 4.76. The van der Waals surface area contributed by atoms with E-state index in [-0.39, 0.29) is 0 Å². The van der Waals surface area contributed by atoms with E-state index in [0.29, 0.717) is 0 Å². The van der Waals surface area contributed by atoms with E-state index in [1.807, 2.05) is 0 Å². The number of nitrogens with one attached hydrogen (secondary N) is 1. The van der Waals surface area contributed by atoms with Gasteiger partial charge in [0.2, 0.25) is 0 Å². The fourth-order valence-corrected chi connectivity index (χ4v) is 1.63. The van der Waals surface area contributed by atoms with Crippen molar-refractivity contribution in [1.29, 1.82) is 0 Å². The monoisotopic (exact) mass is 153 g/mol. The summed E-state index contributed by atoms with van der Waals surface area (Å²) < 4.78 is 0. The van der Waals surface area contributed by atoms with Gasteiger partial charge in [-0.25, -0.2) is 0 Å². The summed E-state index contributed by atoms with van der Waals surface area (Å²) in [7, 11) is 2.08. The third kappa shape index (κ3) is 3.57. The van der Waals surface area contributed by atoms with Gasteiger partial charge in [0.1, 0.15) is 0 Å². The summed E-state index contributed by atoms with van der Waals surface area (Å²) in [5.41, 5.74) is 0. The van der Waals surface area contributed by atoms with Gasteiger partial charge >= 0.3 is 0 Å². The van der Waals surface area contributed by atoms with E-state index >= 15 is 0 Å². The highest BCUT2D eigenvalue weighted by molar-refractivity contribution is 4.84. The molecule has 11 heavy (non-hydrogen) atoms. The fourth-order valence-electron chi connectivity index (χ4n) is 1.63. The topological polar surface area (TPSA) is 12.0 Å². The summed E-state index contributed by atoms with van der Waals surface area (Å²) in [5.74, 6) is 0. The fraction of sp³-hybridized carbons (Fsp3) is 0.800. The van der Waals surface area contributed by atoms with Crippen molar-refractivity contribution in [2.45, 2.75) is 44.6 Å². The smallest absolute Gasteiger partial charge is 0.00642 e. The standard InChI is InChI=1S/C10H19N/c1-11-10-8-6-4-2-3-5-7-9-10/h2-3,10-11H,4-9H2,1H3/b3-2-. The molecule has 0 saturated carbocycles. The Morgan fingerprint density at radius 2 is 1.64 bits per heavy atom. The molecule has 1 aliphatic rings. The SMILES string of the molecule is CNC1CCC/C=C\CCC1. The van der Waals surface area contributed by atoms with Crippen LogP contribution in [0.2, 0.25) is 0 Å². The van der Waals surface area contributed by atoms with Gasteiger partial charge in [0, 0.05) is 6.04 Å². The highest BCUT2D eigenvalue weighted by atomic mass is 14.9. The lowest BCUT2D eigenvalue weighted by molar-refractivity contribution is 0.468. The lowest BCUT2D eigenvalue weighted by Crippen LogP contribution is -2.24. The van der Waals surface area contributed by atoms with Crippen molar-refractivity contribution in [1.82, 2.24) is 5.32 Å². The van der Waals surface area contributed by atoms with E-state index in [1.165, 1.54) is 38.5 Å². The average molecular weight is 153 g/mol. The maximum absolute atomic E-state index is 3.37. The zero-order chi connectivity index (χ0) is 7.94. The first kappa shape index (κ1) is 8.79. The maximum Gasteiger partial charge on any atom is 0.00642 e. The second-order valence-electron chi connectivity index (χ2n) is 3.32. The van der Waals surface area contributed by atoms with Gasteiger partial charge in [-0.3, -0.25) is 0 Å². The minimum Gasteiger partial charge on any atom is -0.317 e. The van der Waals surface area contributed by atoms with E-state index < -0.39 is 0 Å². The molecule has 0 aromatic carbocycles. The Morgan fingerprint density at radius 3 is 2.09 bits per heavy atom. The zero-order valence-corrected chi connectivity index (χ0v) is 7.47. The van der Waals surface area contributed by atoms with Crippen LogP contribution in [-0.4, -0.2) is 13.1 Å². The van der Waals surface area contributed by atoms with Crippen molar-refractivity contribution >= 4 is 0 Å². The predicted molar refractivity (Wildman–Crippen MR) is 49.7 cm³/mol. The van der Waals surface area contributed by atoms with E-state index in [2.05, 4.69) is 24.5 Å². The molecule has 0 fully saturated rings. The summed E-state index contributed by atoms with van der Waals surface area (Å²) in [6, 6.07) is 0.773.